The molecule has 0 radical (unpaired) electrons. The number of thiazole rings is 1. The summed E-state index contributed by atoms with van der Waals surface area (Å²) >= 11 is 1.72. The highest BCUT2D eigenvalue weighted by atomic mass is 32.1. The summed E-state index contributed by atoms with van der Waals surface area (Å²) in [5.74, 6) is 3.80. The Labute approximate surface area is 119 Å². The highest BCUT2D eigenvalue weighted by molar-refractivity contribution is 7.09. The van der Waals surface area contributed by atoms with Crippen molar-refractivity contribution in [3.05, 3.63) is 16.1 Å². The van der Waals surface area contributed by atoms with Gasteiger partial charge in [-0.25, -0.2) is 4.98 Å². The molecule has 19 heavy (non-hydrogen) atoms. The van der Waals surface area contributed by atoms with E-state index in [4.69, 9.17) is 6.42 Å². The van der Waals surface area contributed by atoms with Crippen LogP contribution in [0.25, 0.3) is 0 Å². The maximum absolute atomic E-state index is 5.22. The number of aliphatic imine (C=N–C) groups is 1. The summed E-state index contributed by atoms with van der Waals surface area (Å²) < 4.78 is 0. The summed E-state index contributed by atoms with van der Waals surface area (Å²) in [7, 11) is 0. The third-order valence-corrected chi connectivity index (χ3v) is 3.60. The predicted molar refractivity (Wildman–Crippen MR) is 82.7 cm³/mol. The number of terminal acetylenes is 1. The Morgan fingerprint density at radius 3 is 2.89 bits per heavy atom. The zero-order valence-corrected chi connectivity index (χ0v) is 12.7. The second kappa shape index (κ2) is 8.54. The summed E-state index contributed by atoms with van der Waals surface area (Å²) in [5.41, 5.74) is 1.12. The van der Waals surface area contributed by atoms with Gasteiger partial charge in [-0.3, -0.25) is 4.99 Å². The van der Waals surface area contributed by atoms with Gasteiger partial charge in [0.25, 0.3) is 0 Å². The quantitative estimate of drug-likeness (QED) is 0.475. The number of rotatable bonds is 6. The van der Waals surface area contributed by atoms with Gasteiger partial charge in [0.2, 0.25) is 0 Å². The van der Waals surface area contributed by atoms with E-state index in [-0.39, 0.29) is 0 Å². The van der Waals surface area contributed by atoms with Gasteiger partial charge in [0.15, 0.2) is 5.96 Å². The van der Waals surface area contributed by atoms with E-state index < -0.39 is 0 Å². The fraction of sp³-hybridized carbons (Fsp3) is 0.571. The summed E-state index contributed by atoms with van der Waals surface area (Å²) in [6.45, 7) is 8.37. The lowest BCUT2D eigenvalue weighted by Crippen LogP contribution is -2.37. The molecule has 0 spiro atoms. The van der Waals surface area contributed by atoms with Crippen molar-refractivity contribution >= 4 is 17.3 Å². The summed E-state index contributed by atoms with van der Waals surface area (Å²) in [5, 5.41) is 9.53. The molecule has 0 aliphatic heterocycles. The van der Waals surface area contributed by atoms with E-state index in [0.717, 1.165) is 24.6 Å². The molecule has 0 fully saturated rings. The minimum absolute atomic E-state index is 0.486. The molecule has 0 saturated heterocycles. The van der Waals surface area contributed by atoms with Crippen molar-refractivity contribution in [1.82, 2.24) is 15.6 Å². The van der Waals surface area contributed by atoms with Crippen LogP contribution in [0.1, 0.15) is 37.4 Å². The number of nitrogens with one attached hydrogen (secondary N) is 2. The van der Waals surface area contributed by atoms with Crippen LogP contribution in [-0.4, -0.2) is 30.6 Å². The normalized spacial score (nSPS) is 11.4. The number of nitrogens with zero attached hydrogens (tertiary/aromatic N) is 2. The maximum Gasteiger partial charge on any atom is 0.192 e. The third kappa shape index (κ3) is 5.75. The van der Waals surface area contributed by atoms with Crippen molar-refractivity contribution in [2.24, 2.45) is 4.99 Å². The Kier molecular flexibility index (Phi) is 6.98. The molecule has 104 valence electrons. The smallest absolute Gasteiger partial charge is 0.192 e. The molecular weight excluding hydrogens is 256 g/mol. The van der Waals surface area contributed by atoms with Crippen LogP contribution in [0.3, 0.4) is 0 Å². The molecule has 0 aromatic carbocycles. The molecule has 1 aromatic rings. The average molecular weight is 278 g/mol. The SMILES string of the molecule is C#CCNC(=NCCc1csc(C(C)C)n1)NCC. The molecule has 0 atom stereocenters. The van der Waals surface area contributed by atoms with Crippen molar-refractivity contribution in [1.29, 1.82) is 0 Å². The van der Waals surface area contributed by atoms with Gasteiger partial charge in [0.1, 0.15) is 0 Å². The lowest BCUT2D eigenvalue weighted by molar-refractivity contribution is 0.822. The first-order valence-corrected chi connectivity index (χ1v) is 7.45. The summed E-state index contributed by atoms with van der Waals surface area (Å²) in [6.07, 6.45) is 6.08. The lowest BCUT2D eigenvalue weighted by atomic mass is 10.2. The highest BCUT2D eigenvalue weighted by Gasteiger charge is 2.05. The summed E-state index contributed by atoms with van der Waals surface area (Å²) in [6, 6.07) is 0. The van der Waals surface area contributed by atoms with E-state index in [2.05, 4.69) is 45.8 Å². The van der Waals surface area contributed by atoms with Crippen LogP contribution in [0.2, 0.25) is 0 Å². The van der Waals surface area contributed by atoms with Crippen LogP contribution in [0.5, 0.6) is 0 Å². The Hall–Kier alpha value is -1.54. The van der Waals surface area contributed by atoms with Crippen LogP contribution in [0.4, 0.5) is 0 Å². The average Bonchev–Trinajstić information content (AvgIpc) is 2.85. The number of aromatic nitrogens is 1. The molecule has 5 heteroatoms. The fourth-order valence-corrected chi connectivity index (χ4v) is 2.33. The second-order valence-electron chi connectivity index (χ2n) is 4.40. The monoisotopic (exact) mass is 278 g/mol. The van der Waals surface area contributed by atoms with E-state index >= 15 is 0 Å². The van der Waals surface area contributed by atoms with Crippen LogP contribution in [-0.2, 0) is 6.42 Å². The number of hydrogen-bond donors (Lipinski definition) is 2. The molecule has 0 aliphatic rings. The molecule has 1 aromatic heterocycles. The van der Waals surface area contributed by atoms with Gasteiger partial charge in [-0.2, -0.15) is 0 Å². The Morgan fingerprint density at radius 1 is 1.53 bits per heavy atom. The minimum Gasteiger partial charge on any atom is -0.357 e. The first-order valence-electron chi connectivity index (χ1n) is 6.57. The van der Waals surface area contributed by atoms with E-state index in [1.165, 1.54) is 5.01 Å². The molecule has 2 N–H and O–H groups in total. The molecular formula is C14H22N4S. The van der Waals surface area contributed by atoms with Gasteiger partial charge in [0.05, 0.1) is 17.2 Å². The van der Waals surface area contributed by atoms with Gasteiger partial charge in [-0.15, -0.1) is 17.8 Å². The second-order valence-corrected chi connectivity index (χ2v) is 5.29. The first-order chi connectivity index (χ1) is 9.17. The summed E-state index contributed by atoms with van der Waals surface area (Å²) in [4.78, 5) is 9.05. The molecule has 0 saturated carbocycles. The number of hydrogen-bond acceptors (Lipinski definition) is 3. The third-order valence-electron chi connectivity index (χ3n) is 2.40. The molecule has 1 rings (SSSR count). The van der Waals surface area contributed by atoms with Gasteiger partial charge in [0, 0.05) is 30.8 Å². The fourth-order valence-electron chi connectivity index (χ4n) is 1.46. The molecule has 0 aliphatic carbocycles. The Morgan fingerprint density at radius 2 is 2.32 bits per heavy atom. The van der Waals surface area contributed by atoms with Crippen molar-refractivity contribution in [3.63, 3.8) is 0 Å². The zero-order chi connectivity index (χ0) is 14.1. The van der Waals surface area contributed by atoms with Crippen molar-refractivity contribution in [2.75, 3.05) is 19.6 Å². The van der Waals surface area contributed by atoms with E-state index in [1.807, 2.05) is 6.92 Å². The first kappa shape index (κ1) is 15.5. The largest absolute Gasteiger partial charge is 0.357 e. The molecule has 4 nitrogen and oxygen atoms in total. The van der Waals surface area contributed by atoms with Crippen molar-refractivity contribution < 1.29 is 0 Å². The van der Waals surface area contributed by atoms with E-state index in [1.54, 1.807) is 11.3 Å². The topological polar surface area (TPSA) is 49.3 Å². The van der Waals surface area contributed by atoms with Crippen LogP contribution in [0.15, 0.2) is 10.4 Å². The highest BCUT2D eigenvalue weighted by Crippen LogP contribution is 2.19. The van der Waals surface area contributed by atoms with Crippen molar-refractivity contribution in [3.8, 4) is 12.3 Å². The molecule has 0 unspecified atom stereocenters. The van der Waals surface area contributed by atoms with Gasteiger partial charge in [-0.05, 0) is 6.92 Å². The van der Waals surface area contributed by atoms with E-state index in [9.17, 15) is 0 Å². The molecule has 0 bridgehead atoms. The van der Waals surface area contributed by atoms with Crippen LogP contribution < -0.4 is 10.6 Å². The molecule has 1 heterocycles. The Balaban J connectivity index is 2.46. The Bertz CT molecular complexity index is 443. The van der Waals surface area contributed by atoms with Crippen molar-refractivity contribution in [2.45, 2.75) is 33.1 Å². The lowest BCUT2D eigenvalue weighted by Gasteiger charge is -2.08. The van der Waals surface area contributed by atoms with E-state index in [0.29, 0.717) is 19.0 Å². The molecule has 0 amide bonds. The minimum atomic E-state index is 0.486. The van der Waals surface area contributed by atoms with Crippen LogP contribution in [0, 0.1) is 12.3 Å². The van der Waals surface area contributed by atoms with Gasteiger partial charge >= 0.3 is 0 Å². The number of guanidine groups is 1. The standard InChI is InChI=1S/C14H22N4S/c1-5-8-16-14(15-6-2)17-9-7-12-10-19-13(18-12)11(3)4/h1,10-11H,6-9H2,2-4H3,(H2,15,16,17). The zero-order valence-electron chi connectivity index (χ0n) is 11.9. The predicted octanol–water partition coefficient (Wildman–Crippen LogP) is 2.00. The van der Waals surface area contributed by atoms with Gasteiger partial charge < -0.3 is 10.6 Å². The van der Waals surface area contributed by atoms with Crippen LogP contribution >= 0.6 is 11.3 Å². The maximum atomic E-state index is 5.22. The van der Waals surface area contributed by atoms with Gasteiger partial charge in [-0.1, -0.05) is 19.8 Å².